The Labute approximate surface area is 172 Å². The van der Waals surface area contributed by atoms with Gasteiger partial charge >= 0.3 is 6.03 Å². The molecule has 1 aromatic carbocycles. The Kier molecular flexibility index (Phi) is 4.65. The number of rotatable bonds is 4. The van der Waals surface area contributed by atoms with E-state index >= 15 is 0 Å². The highest BCUT2D eigenvalue weighted by molar-refractivity contribution is 9.10. The minimum absolute atomic E-state index is 0.205. The van der Waals surface area contributed by atoms with E-state index in [-0.39, 0.29) is 11.9 Å². The first-order valence-corrected chi connectivity index (χ1v) is 10.1. The molecule has 9 heteroatoms. The predicted octanol–water partition coefficient (Wildman–Crippen LogP) is 2.96. The van der Waals surface area contributed by atoms with Gasteiger partial charge in [-0.2, -0.15) is 0 Å². The van der Waals surface area contributed by atoms with Crippen molar-refractivity contribution in [3.63, 3.8) is 0 Å². The topological polar surface area (TPSA) is 74.6 Å². The van der Waals surface area contributed by atoms with Crippen molar-refractivity contribution in [1.29, 1.82) is 0 Å². The number of hydrogen-bond acceptors (Lipinski definition) is 5. The van der Waals surface area contributed by atoms with Crippen molar-refractivity contribution >= 4 is 33.8 Å². The van der Waals surface area contributed by atoms with Crippen LogP contribution in [0.2, 0.25) is 0 Å². The number of imide groups is 1. The zero-order valence-electron chi connectivity index (χ0n) is 16.3. The lowest BCUT2D eigenvalue weighted by atomic mass is 10.1. The second-order valence-corrected chi connectivity index (χ2v) is 8.64. The summed E-state index contributed by atoms with van der Waals surface area (Å²) >= 11 is 3.45. The Morgan fingerprint density at radius 3 is 2.43 bits per heavy atom. The number of urea groups is 1. The molecule has 2 aliphatic heterocycles. The first kappa shape index (κ1) is 18.9. The Hall–Kier alpha value is -2.42. The maximum Gasteiger partial charge on any atom is 0.327 e. The average molecular weight is 447 g/mol. The van der Waals surface area contributed by atoms with Crippen LogP contribution in [0, 0.1) is 5.92 Å². The zero-order valence-corrected chi connectivity index (χ0v) is 17.9. The van der Waals surface area contributed by atoms with Crippen LogP contribution in [0.4, 0.5) is 10.7 Å². The van der Waals surface area contributed by atoms with E-state index in [9.17, 15) is 9.59 Å². The average Bonchev–Trinajstić information content (AvgIpc) is 3.22. The molecule has 2 aliphatic rings. The minimum Gasteiger partial charge on any atom is -0.325 e. The molecule has 8 nitrogen and oxygen atoms in total. The van der Waals surface area contributed by atoms with Crippen molar-refractivity contribution in [2.24, 2.45) is 5.92 Å². The molecule has 28 heavy (non-hydrogen) atoms. The lowest BCUT2D eigenvalue weighted by molar-refractivity contribution is -0.133. The number of fused-ring (bicyclic) bond motifs is 3. The fourth-order valence-electron chi connectivity index (χ4n) is 3.87. The second kappa shape index (κ2) is 6.88. The van der Waals surface area contributed by atoms with Crippen LogP contribution in [0.1, 0.15) is 26.4 Å². The van der Waals surface area contributed by atoms with Crippen molar-refractivity contribution in [2.75, 3.05) is 25.5 Å². The van der Waals surface area contributed by atoms with E-state index in [0.29, 0.717) is 24.2 Å². The van der Waals surface area contributed by atoms with E-state index in [1.54, 1.807) is 11.9 Å². The zero-order chi connectivity index (χ0) is 20.2. The quantitative estimate of drug-likeness (QED) is 0.721. The normalized spacial score (nSPS) is 21.6. The monoisotopic (exact) mass is 446 g/mol. The van der Waals surface area contributed by atoms with Gasteiger partial charge in [-0.05, 0) is 24.5 Å². The van der Waals surface area contributed by atoms with E-state index in [4.69, 9.17) is 0 Å². The Bertz CT molecular complexity index is 925. The van der Waals surface area contributed by atoms with Crippen LogP contribution in [0.3, 0.4) is 0 Å². The van der Waals surface area contributed by atoms with Crippen molar-refractivity contribution in [2.45, 2.75) is 32.5 Å². The largest absolute Gasteiger partial charge is 0.327 e. The molecule has 2 atom stereocenters. The summed E-state index contributed by atoms with van der Waals surface area (Å²) in [7, 11) is 3.26. The fraction of sp³-hybridized carbons (Fsp3) is 0.474. The van der Waals surface area contributed by atoms with Gasteiger partial charge < -0.3 is 9.80 Å². The van der Waals surface area contributed by atoms with Gasteiger partial charge in [-0.3, -0.25) is 14.3 Å². The predicted molar refractivity (Wildman–Crippen MR) is 109 cm³/mol. The van der Waals surface area contributed by atoms with E-state index in [2.05, 4.69) is 40.0 Å². The molecule has 1 saturated heterocycles. The molecule has 2 aromatic rings. The summed E-state index contributed by atoms with van der Waals surface area (Å²) in [5.41, 5.74) is 0.888. The Morgan fingerprint density at radius 2 is 1.79 bits per heavy atom. The van der Waals surface area contributed by atoms with E-state index in [0.717, 1.165) is 16.5 Å². The van der Waals surface area contributed by atoms with Gasteiger partial charge in [-0.25, -0.2) is 4.79 Å². The third kappa shape index (κ3) is 2.80. The van der Waals surface area contributed by atoms with Gasteiger partial charge in [0.05, 0.1) is 0 Å². The van der Waals surface area contributed by atoms with Crippen LogP contribution in [0.15, 0.2) is 28.7 Å². The number of benzene rings is 1. The van der Waals surface area contributed by atoms with Crippen LogP contribution in [0.5, 0.6) is 0 Å². The lowest BCUT2D eigenvalue weighted by Crippen LogP contribution is -2.61. The number of aromatic nitrogens is 3. The molecule has 1 aromatic heterocycles. The van der Waals surface area contributed by atoms with E-state index in [1.165, 1.54) is 11.9 Å². The van der Waals surface area contributed by atoms with Crippen LogP contribution >= 0.6 is 15.9 Å². The molecule has 2 unspecified atom stereocenters. The molecule has 3 amide bonds. The van der Waals surface area contributed by atoms with E-state index < -0.39 is 12.2 Å². The SMILES string of the molecule is CC(C)CCN1c2nnc(-c3ccc(Br)cc3)n2C2C1C(=O)N(C)C(=O)N2C. The summed E-state index contributed by atoms with van der Waals surface area (Å²) in [6.45, 7) is 4.98. The van der Waals surface area contributed by atoms with Crippen molar-refractivity contribution in [3.05, 3.63) is 28.7 Å². The number of halogens is 1. The first-order valence-electron chi connectivity index (χ1n) is 9.33. The first-order chi connectivity index (χ1) is 13.3. The number of carbonyl (C=O) groups excluding carboxylic acids is 2. The molecule has 0 aliphatic carbocycles. The van der Waals surface area contributed by atoms with E-state index in [1.807, 2.05) is 33.7 Å². The van der Waals surface area contributed by atoms with Crippen LogP contribution in [-0.4, -0.2) is 63.2 Å². The Morgan fingerprint density at radius 1 is 1.11 bits per heavy atom. The molecular formula is C19H23BrN6O2. The summed E-state index contributed by atoms with van der Waals surface area (Å²) in [5.74, 6) is 1.57. The molecule has 0 N–H and O–H groups in total. The number of anilines is 1. The number of likely N-dealkylation sites (N-methyl/N-ethyl adjacent to an activating group) is 2. The maximum atomic E-state index is 13.0. The number of amides is 3. The van der Waals surface area contributed by atoms with Gasteiger partial charge in [-0.1, -0.05) is 41.9 Å². The summed E-state index contributed by atoms with van der Waals surface area (Å²) in [5, 5.41) is 8.82. The van der Waals surface area contributed by atoms with Crippen LogP contribution in [-0.2, 0) is 4.79 Å². The molecule has 0 bridgehead atoms. The molecule has 0 spiro atoms. The molecule has 0 radical (unpaired) electrons. The summed E-state index contributed by atoms with van der Waals surface area (Å²) in [6, 6.07) is 6.96. The highest BCUT2D eigenvalue weighted by Gasteiger charge is 2.54. The van der Waals surface area contributed by atoms with Gasteiger partial charge in [0.15, 0.2) is 11.9 Å². The second-order valence-electron chi connectivity index (χ2n) is 7.73. The molecule has 4 rings (SSSR count). The lowest BCUT2D eigenvalue weighted by Gasteiger charge is -2.40. The molecule has 0 saturated carbocycles. The summed E-state index contributed by atoms with van der Waals surface area (Å²) in [6.07, 6.45) is 0.449. The van der Waals surface area contributed by atoms with Gasteiger partial charge in [-0.15, -0.1) is 10.2 Å². The van der Waals surface area contributed by atoms with Gasteiger partial charge in [0.1, 0.15) is 6.17 Å². The Balaban J connectivity index is 1.84. The van der Waals surface area contributed by atoms with Crippen LogP contribution in [0.25, 0.3) is 11.4 Å². The number of hydrogen-bond donors (Lipinski definition) is 0. The smallest absolute Gasteiger partial charge is 0.325 e. The number of nitrogens with zero attached hydrogens (tertiary/aromatic N) is 6. The standard InChI is InChI=1S/C19H23BrN6O2/c1-11(2)9-10-25-14-16(23(3)19(28)24(4)17(14)27)26-15(21-22-18(25)26)12-5-7-13(20)8-6-12/h5-8,11,14,16H,9-10H2,1-4H3. The molecule has 3 heterocycles. The van der Waals surface area contributed by atoms with Crippen molar-refractivity contribution in [1.82, 2.24) is 24.6 Å². The third-order valence-electron chi connectivity index (χ3n) is 5.44. The van der Waals surface area contributed by atoms with Crippen molar-refractivity contribution in [3.8, 4) is 11.4 Å². The van der Waals surface area contributed by atoms with Gasteiger partial charge in [0.25, 0.3) is 5.91 Å². The highest BCUT2D eigenvalue weighted by atomic mass is 79.9. The highest BCUT2D eigenvalue weighted by Crippen LogP contribution is 2.42. The minimum atomic E-state index is -0.494. The molecular weight excluding hydrogens is 424 g/mol. The molecule has 1 fully saturated rings. The molecule has 148 valence electrons. The summed E-state index contributed by atoms with van der Waals surface area (Å²) in [4.78, 5) is 30.5. The third-order valence-corrected chi connectivity index (χ3v) is 5.96. The van der Waals surface area contributed by atoms with Crippen LogP contribution < -0.4 is 4.90 Å². The fourth-order valence-corrected chi connectivity index (χ4v) is 4.13. The summed E-state index contributed by atoms with van der Waals surface area (Å²) < 4.78 is 2.90. The maximum absolute atomic E-state index is 13.0. The number of carbonyl (C=O) groups is 2. The van der Waals surface area contributed by atoms with Gasteiger partial charge in [0, 0.05) is 30.7 Å². The van der Waals surface area contributed by atoms with Crippen molar-refractivity contribution < 1.29 is 9.59 Å². The van der Waals surface area contributed by atoms with Gasteiger partial charge in [0.2, 0.25) is 5.95 Å².